The summed E-state index contributed by atoms with van der Waals surface area (Å²) in [6.07, 6.45) is 0.909. The molecule has 2 N–H and O–H groups in total. The van der Waals surface area contributed by atoms with E-state index in [-0.39, 0.29) is 6.61 Å². The monoisotopic (exact) mass is 456 g/mol. The van der Waals surface area contributed by atoms with Crippen LogP contribution in [0.15, 0.2) is 65.1 Å². The Hall–Kier alpha value is -3.06. The van der Waals surface area contributed by atoms with E-state index in [1.165, 1.54) is 0 Å². The highest BCUT2D eigenvalue weighted by Crippen LogP contribution is 2.32. The normalized spacial score (nSPS) is 10.4. The molecule has 0 radical (unpaired) electrons. The maximum absolute atomic E-state index is 12.1. The number of ether oxygens (including phenoxy) is 2. The molecule has 3 rings (SSSR count). The molecular formula is C22H21BrN2O4. The third-order valence-electron chi connectivity index (χ3n) is 4.09. The summed E-state index contributed by atoms with van der Waals surface area (Å²) in [5, 5.41) is 2.06. The lowest BCUT2D eigenvalue weighted by molar-refractivity contribution is -0.123. The van der Waals surface area contributed by atoms with Crippen LogP contribution >= 0.6 is 15.9 Å². The van der Waals surface area contributed by atoms with Gasteiger partial charge in [0, 0.05) is 5.56 Å². The van der Waals surface area contributed by atoms with Crippen molar-refractivity contribution in [2.24, 2.45) is 0 Å². The van der Waals surface area contributed by atoms with Gasteiger partial charge in [0.05, 0.1) is 11.1 Å². The van der Waals surface area contributed by atoms with Gasteiger partial charge in [0.2, 0.25) is 0 Å². The Morgan fingerprint density at radius 1 is 0.931 bits per heavy atom. The van der Waals surface area contributed by atoms with E-state index in [0.29, 0.717) is 23.7 Å². The molecule has 29 heavy (non-hydrogen) atoms. The first-order valence-electron chi connectivity index (χ1n) is 9.20. The van der Waals surface area contributed by atoms with E-state index in [4.69, 9.17) is 9.47 Å². The van der Waals surface area contributed by atoms with E-state index < -0.39 is 11.8 Å². The quantitative estimate of drug-likeness (QED) is 0.521. The van der Waals surface area contributed by atoms with Gasteiger partial charge in [-0.3, -0.25) is 20.4 Å². The first-order valence-corrected chi connectivity index (χ1v) is 10.00. The molecule has 0 aromatic heterocycles. The number of halogens is 1. The van der Waals surface area contributed by atoms with Crippen molar-refractivity contribution >= 4 is 38.5 Å². The Morgan fingerprint density at radius 3 is 2.45 bits per heavy atom. The topological polar surface area (TPSA) is 76.7 Å². The van der Waals surface area contributed by atoms with Crippen LogP contribution in [0, 0.1) is 0 Å². The van der Waals surface area contributed by atoms with Crippen molar-refractivity contribution in [1.29, 1.82) is 0 Å². The van der Waals surface area contributed by atoms with Gasteiger partial charge in [-0.1, -0.05) is 37.3 Å². The fourth-order valence-electron chi connectivity index (χ4n) is 2.63. The van der Waals surface area contributed by atoms with E-state index in [1.807, 2.05) is 37.3 Å². The number of hydrazine groups is 1. The molecule has 0 fully saturated rings. The zero-order chi connectivity index (χ0) is 20.6. The van der Waals surface area contributed by atoms with Gasteiger partial charge in [-0.2, -0.15) is 0 Å². The van der Waals surface area contributed by atoms with E-state index in [2.05, 4.69) is 26.8 Å². The summed E-state index contributed by atoms with van der Waals surface area (Å²) < 4.78 is 11.8. The highest BCUT2D eigenvalue weighted by Gasteiger charge is 2.10. The fourth-order valence-corrected chi connectivity index (χ4v) is 3.23. The summed E-state index contributed by atoms with van der Waals surface area (Å²) in [5.74, 6) is 0.350. The molecule has 0 saturated heterocycles. The first-order chi connectivity index (χ1) is 14.1. The van der Waals surface area contributed by atoms with Gasteiger partial charge in [-0.05, 0) is 63.5 Å². The predicted octanol–water partition coefficient (Wildman–Crippen LogP) is 4.23. The summed E-state index contributed by atoms with van der Waals surface area (Å²) in [5.41, 5.74) is 5.13. The van der Waals surface area contributed by atoms with Crippen LogP contribution in [-0.4, -0.2) is 25.0 Å². The smallest absolute Gasteiger partial charge is 0.276 e. The van der Waals surface area contributed by atoms with Gasteiger partial charge in [-0.15, -0.1) is 0 Å². The average Bonchev–Trinajstić information content (AvgIpc) is 2.76. The molecule has 150 valence electrons. The number of fused-ring (bicyclic) bond motifs is 1. The molecule has 6 nitrogen and oxygen atoms in total. The highest BCUT2D eigenvalue weighted by atomic mass is 79.9. The molecule has 7 heteroatoms. The number of nitrogens with one attached hydrogen (secondary N) is 2. The molecule has 0 aliphatic carbocycles. The molecule has 3 aromatic carbocycles. The molecule has 0 saturated carbocycles. The molecule has 0 unspecified atom stereocenters. The number of carbonyl (C=O) groups excluding carboxylic acids is 2. The van der Waals surface area contributed by atoms with Crippen LogP contribution < -0.4 is 20.3 Å². The van der Waals surface area contributed by atoms with Crippen molar-refractivity contribution in [2.75, 3.05) is 13.2 Å². The summed E-state index contributed by atoms with van der Waals surface area (Å²) in [6, 6.07) is 18.3. The Balaban J connectivity index is 1.50. The number of hydrogen-bond acceptors (Lipinski definition) is 4. The van der Waals surface area contributed by atoms with Crippen LogP contribution in [0.3, 0.4) is 0 Å². The highest BCUT2D eigenvalue weighted by molar-refractivity contribution is 9.10. The van der Waals surface area contributed by atoms with E-state index in [0.717, 1.165) is 21.7 Å². The van der Waals surface area contributed by atoms with Crippen molar-refractivity contribution in [1.82, 2.24) is 10.9 Å². The minimum Gasteiger partial charge on any atom is -0.494 e. The Morgan fingerprint density at radius 2 is 1.69 bits per heavy atom. The number of carbonyl (C=O) groups is 2. The minimum atomic E-state index is -0.471. The molecule has 0 bridgehead atoms. The molecule has 3 aromatic rings. The maximum Gasteiger partial charge on any atom is 0.276 e. The van der Waals surface area contributed by atoms with Gasteiger partial charge in [0.15, 0.2) is 6.61 Å². The summed E-state index contributed by atoms with van der Waals surface area (Å²) in [4.78, 5) is 24.1. The van der Waals surface area contributed by atoms with Crippen LogP contribution in [0.1, 0.15) is 23.7 Å². The molecule has 0 aliphatic heterocycles. The Labute approximate surface area is 177 Å². The largest absolute Gasteiger partial charge is 0.494 e. The number of hydrogen-bond donors (Lipinski definition) is 2. The molecule has 0 heterocycles. The third kappa shape index (κ3) is 5.48. The summed E-state index contributed by atoms with van der Waals surface area (Å²) in [6.45, 7) is 2.41. The lowest BCUT2D eigenvalue weighted by Crippen LogP contribution is -2.43. The van der Waals surface area contributed by atoms with Gasteiger partial charge < -0.3 is 9.47 Å². The van der Waals surface area contributed by atoms with Gasteiger partial charge in [0.25, 0.3) is 11.8 Å². The molecule has 0 atom stereocenters. The average molecular weight is 457 g/mol. The SMILES string of the molecule is CCCOc1ccc(C(=O)NNC(=O)COc2ccc3ccccc3c2Br)cc1. The van der Waals surface area contributed by atoms with Crippen molar-refractivity contribution in [2.45, 2.75) is 13.3 Å². The van der Waals surface area contributed by atoms with Gasteiger partial charge in [0.1, 0.15) is 11.5 Å². The van der Waals surface area contributed by atoms with Crippen LogP contribution in [0.4, 0.5) is 0 Å². The lowest BCUT2D eigenvalue weighted by Gasteiger charge is -2.11. The van der Waals surface area contributed by atoms with Crippen LogP contribution in [0.2, 0.25) is 0 Å². The van der Waals surface area contributed by atoms with E-state index in [1.54, 1.807) is 30.3 Å². The van der Waals surface area contributed by atoms with Crippen molar-refractivity contribution < 1.29 is 19.1 Å². The lowest BCUT2D eigenvalue weighted by atomic mass is 10.1. The van der Waals surface area contributed by atoms with Crippen LogP contribution in [0.25, 0.3) is 10.8 Å². The standard InChI is InChI=1S/C22H21BrN2O4/c1-2-13-28-17-10-7-16(8-11-17)22(27)25-24-20(26)14-29-19-12-9-15-5-3-4-6-18(15)21(19)23/h3-12H,2,13-14H2,1H3,(H,24,26)(H,25,27). The van der Waals surface area contributed by atoms with Gasteiger partial charge in [-0.25, -0.2) is 0 Å². The van der Waals surface area contributed by atoms with Crippen molar-refractivity contribution in [3.63, 3.8) is 0 Å². The predicted molar refractivity (Wildman–Crippen MR) is 115 cm³/mol. The zero-order valence-electron chi connectivity index (χ0n) is 15.9. The van der Waals surface area contributed by atoms with Gasteiger partial charge >= 0.3 is 0 Å². The number of rotatable bonds is 7. The Kier molecular flexibility index (Phi) is 7.08. The summed E-state index contributed by atoms with van der Waals surface area (Å²) in [7, 11) is 0. The zero-order valence-corrected chi connectivity index (χ0v) is 17.5. The molecular weight excluding hydrogens is 436 g/mol. The minimum absolute atomic E-state index is 0.235. The number of amides is 2. The second-order valence-corrected chi connectivity index (χ2v) is 7.06. The van der Waals surface area contributed by atoms with Crippen molar-refractivity contribution in [3.8, 4) is 11.5 Å². The molecule has 2 amide bonds. The number of benzene rings is 3. The second kappa shape index (κ2) is 9.93. The third-order valence-corrected chi connectivity index (χ3v) is 4.91. The molecule has 0 aliphatic rings. The maximum atomic E-state index is 12.1. The second-order valence-electron chi connectivity index (χ2n) is 6.26. The summed E-state index contributed by atoms with van der Waals surface area (Å²) >= 11 is 3.51. The Bertz CT molecular complexity index is 1010. The van der Waals surface area contributed by atoms with E-state index in [9.17, 15) is 9.59 Å². The van der Waals surface area contributed by atoms with Crippen LogP contribution in [-0.2, 0) is 4.79 Å². The first kappa shape index (κ1) is 20.7. The van der Waals surface area contributed by atoms with Crippen molar-refractivity contribution in [3.05, 3.63) is 70.7 Å². The fraction of sp³-hybridized carbons (Fsp3) is 0.182. The molecule has 0 spiro atoms. The van der Waals surface area contributed by atoms with Crippen LogP contribution in [0.5, 0.6) is 11.5 Å². The van der Waals surface area contributed by atoms with E-state index >= 15 is 0 Å².